The molecule has 0 unspecified atom stereocenters. The summed E-state index contributed by atoms with van der Waals surface area (Å²) in [6.07, 6.45) is 3.32. The quantitative estimate of drug-likeness (QED) is 0.781. The number of hydrogen-bond acceptors (Lipinski definition) is 3. The summed E-state index contributed by atoms with van der Waals surface area (Å²) in [5, 5.41) is 8.92. The van der Waals surface area contributed by atoms with E-state index in [1.54, 1.807) is 28.9 Å². The molecule has 0 amide bonds. The third-order valence-electron chi connectivity index (χ3n) is 3.17. The van der Waals surface area contributed by atoms with Gasteiger partial charge < -0.3 is 14.2 Å². The van der Waals surface area contributed by atoms with Gasteiger partial charge in [0.2, 0.25) is 0 Å². The molecule has 0 atom stereocenters. The fraction of sp³-hybridized carbons (Fsp3) is 0.125. The zero-order chi connectivity index (χ0) is 14.7. The molecule has 0 bridgehead atoms. The van der Waals surface area contributed by atoms with Crippen LogP contribution in [0.3, 0.4) is 0 Å². The highest BCUT2D eigenvalue weighted by atomic mass is 16.5. The molecular formula is C16H14N2O3. The van der Waals surface area contributed by atoms with E-state index >= 15 is 0 Å². The predicted molar refractivity (Wildman–Crippen MR) is 77.3 cm³/mol. The van der Waals surface area contributed by atoms with Crippen LogP contribution in [0.5, 0.6) is 5.75 Å². The van der Waals surface area contributed by atoms with Crippen LogP contribution in [0.1, 0.15) is 11.3 Å². The monoisotopic (exact) mass is 282 g/mol. The molecule has 0 radical (unpaired) electrons. The number of aliphatic carboxylic acids is 1. The van der Waals surface area contributed by atoms with E-state index in [1.807, 2.05) is 30.3 Å². The highest BCUT2D eigenvalue weighted by molar-refractivity contribution is 5.70. The third-order valence-corrected chi connectivity index (χ3v) is 3.17. The second-order valence-electron chi connectivity index (χ2n) is 4.65. The lowest BCUT2D eigenvalue weighted by molar-refractivity contribution is -0.136. The topological polar surface area (TPSA) is 63.8 Å². The Kier molecular flexibility index (Phi) is 3.55. The standard InChI is InChI=1S/C16H14N2O3/c19-15(20)10-13-6-7-14(16-17-8-9-18(13)16)21-11-12-4-2-1-3-5-12/h1-9H,10-11H2,(H,19,20). The number of fused-ring (bicyclic) bond motifs is 1. The number of imidazole rings is 1. The first-order valence-electron chi connectivity index (χ1n) is 6.57. The minimum absolute atomic E-state index is 0.0498. The van der Waals surface area contributed by atoms with Gasteiger partial charge in [0.15, 0.2) is 11.4 Å². The number of hydrogen-bond donors (Lipinski definition) is 1. The first-order chi connectivity index (χ1) is 10.2. The summed E-state index contributed by atoms with van der Waals surface area (Å²) in [5.41, 5.74) is 2.36. The van der Waals surface area contributed by atoms with Crippen molar-refractivity contribution >= 4 is 11.6 Å². The lowest BCUT2D eigenvalue weighted by Gasteiger charge is -2.10. The molecule has 0 aliphatic carbocycles. The van der Waals surface area contributed by atoms with Crippen LogP contribution in [0.4, 0.5) is 0 Å². The van der Waals surface area contributed by atoms with Gasteiger partial charge in [-0.1, -0.05) is 30.3 Å². The minimum Gasteiger partial charge on any atom is -0.485 e. The summed E-state index contributed by atoms with van der Waals surface area (Å²) in [5.74, 6) is -0.235. The Morgan fingerprint density at radius 2 is 2.00 bits per heavy atom. The van der Waals surface area contributed by atoms with Crippen LogP contribution in [0.2, 0.25) is 0 Å². The number of ether oxygens (including phenoxy) is 1. The summed E-state index contributed by atoms with van der Waals surface area (Å²) in [4.78, 5) is 15.1. The van der Waals surface area contributed by atoms with E-state index in [4.69, 9.17) is 9.84 Å². The Bertz CT molecular complexity index is 766. The number of carboxylic acid groups (broad SMARTS) is 1. The van der Waals surface area contributed by atoms with Gasteiger partial charge in [0.1, 0.15) is 6.61 Å². The smallest absolute Gasteiger partial charge is 0.309 e. The maximum absolute atomic E-state index is 10.9. The molecule has 5 heteroatoms. The first kappa shape index (κ1) is 13.2. The molecular weight excluding hydrogens is 268 g/mol. The Balaban J connectivity index is 1.86. The molecule has 0 fully saturated rings. The highest BCUT2D eigenvalue weighted by Gasteiger charge is 2.10. The number of pyridine rings is 1. The van der Waals surface area contributed by atoms with Crippen LogP contribution < -0.4 is 4.74 Å². The Morgan fingerprint density at radius 1 is 1.19 bits per heavy atom. The van der Waals surface area contributed by atoms with Crippen molar-refractivity contribution < 1.29 is 14.6 Å². The van der Waals surface area contributed by atoms with E-state index in [0.717, 1.165) is 5.56 Å². The molecule has 1 aromatic carbocycles. The molecule has 0 spiro atoms. The zero-order valence-corrected chi connectivity index (χ0v) is 11.3. The SMILES string of the molecule is O=C(O)Cc1ccc(OCc2ccccc2)c2nccn12. The van der Waals surface area contributed by atoms with Crippen molar-refractivity contribution in [3.8, 4) is 5.75 Å². The lowest BCUT2D eigenvalue weighted by atomic mass is 10.2. The van der Waals surface area contributed by atoms with Crippen LogP contribution in [0.25, 0.3) is 5.65 Å². The number of rotatable bonds is 5. The third kappa shape index (κ3) is 2.86. The zero-order valence-electron chi connectivity index (χ0n) is 11.3. The van der Waals surface area contributed by atoms with Crippen LogP contribution in [0.15, 0.2) is 54.9 Å². The van der Waals surface area contributed by atoms with Crippen LogP contribution in [-0.4, -0.2) is 20.5 Å². The Labute approximate surface area is 121 Å². The molecule has 1 N–H and O–H groups in total. The van der Waals surface area contributed by atoms with E-state index in [0.29, 0.717) is 23.7 Å². The normalized spacial score (nSPS) is 10.7. The van der Waals surface area contributed by atoms with Gasteiger partial charge in [0.25, 0.3) is 0 Å². The highest BCUT2D eigenvalue weighted by Crippen LogP contribution is 2.21. The lowest BCUT2D eigenvalue weighted by Crippen LogP contribution is -2.06. The van der Waals surface area contributed by atoms with E-state index in [-0.39, 0.29) is 6.42 Å². The van der Waals surface area contributed by atoms with E-state index in [1.165, 1.54) is 0 Å². The molecule has 0 saturated carbocycles. The summed E-state index contributed by atoms with van der Waals surface area (Å²) in [6, 6.07) is 13.4. The van der Waals surface area contributed by atoms with Crippen molar-refractivity contribution in [3.63, 3.8) is 0 Å². The van der Waals surface area contributed by atoms with Crippen LogP contribution in [-0.2, 0) is 17.8 Å². The second-order valence-corrected chi connectivity index (χ2v) is 4.65. The largest absolute Gasteiger partial charge is 0.485 e. The maximum Gasteiger partial charge on any atom is 0.309 e. The number of benzene rings is 1. The summed E-state index contributed by atoms with van der Waals surface area (Å²) in [7, 11) is 0. The van der Waals surface area contributed by atoms with Gasteiger partial charge in [-0.05, 0) is 17.7 Å². The van der Waals surface area contributed by atoms with Crippen LogP contribution in [0, 0.1) is 0 Å². The van der Waals surface area contributed by atoms with E-state index < -0.39 is 5.97 Å². The molecule has 106 valence electrons. The molecule has 2 heterocycles. The molecule has 21 heavy (non-hydrogen) atoms. The van der Waals surface area contributed by atoms with Gasteiger partial charge in [-0.3, -0.25) is 4.79 Å². The second kappa shape index (κ2) is 5.66. The molecule has 0 saturated heterocycles. The predicted octanol–water partition coefficient (Wildman–Crippen LogP) is 2.54. The van der Waals surface area contributed by atoms with Crippen molar-refractivity contribution in [2.45, 2.75) is 13.0 Å². The molecule has 2 aromatic heterocycles. The molecule has 3 rings (SSSR count). The molecule has 0 aliphatic rings. The minimum atomic E-state index is -0.872. The van der Waals surface area contributed by atoms with Gasteiger partial charge in [0, 0.05) is 18.1 Å². The summed E-state index contributed by atoms with van der Waals surface area (Å²) in [6.45, 7) is 0.446. The van der Waals surface area contributed by atoms with Crippen molar-refractivity contribution in [2.24, 2.45) is 0 Å². The maximum atomic E-state index is 10.9. The average molecular weight is 282 g/mol. The summed E-state index contributed by atoms with van der Waals surface area (Å²) >= 11 is 0. The summed E-state index contributed by atoms with van der Waals surface area (Å²) < 4.78 is 7.54. The van der Waals surface area contributed by atoms with Crippen molar-refractivity contribution in [2.75, 3.05) is 0 Å². The van der Waals surface area contributed by atoms with Gasteiger partial charge >= 0.3 is 5.97 Å². The number of nitrogens with zero attached hydrogens (tertiary/aromatic N) is 2. The molecule has 3 aromatic rings. The van der Waals surface area contributed by atoms with Gasteiger partial charge in [-0.25, -0.2) is 4.98 Å². The van der Waals surface area contributed by atoms with Gasteiger partial charge in [-0.15, -0.1) is 0 Å². The number of aromatic nitrogens is 2. The van der Waals surface area contributed by atoms with E-state index in [2.05, 4.69) is 4.98 Å². The fourth-order valence-corrected chi connectivity index (χ4v) is 2.19. The van der Waals surface area contributed by atoms with Crippen molar-refractivity contribution in [1.82, 2.24) is 9.38 Å². The average Bonchev–Trinajstić information content (AvgIpc) is 2.97. The fourth-order valence-electron chi connectivity index (χ4n) is 2.19. The number of carbonyl (C=O) groups is 1. The van der Waals surface area contributed by atoms with E-state index in [9.17, 15) is 4.79 Å². The van der Waals surface area contributed by atoms with Crippen molar-refractivity contribution in [1.29, 1.82) is 0 Å². The van der Waals surface area contributed by atoms with Crippen LogP contribution >= 0.6 is 0 Å². The van der Waals surface area contributed by atoms with Crippen molar-refractivity contribution in [3.05, 3.63) is 66.1 Å². The molecule has 0 aliphatic heterocycles. The Morgan fingerprint density at radius 3 is 2.76 bits per heavy atom. The molecule has 5 nitrogen and oxygen atoms in total. The Hall–Kier alpha value is -2.82. The number of carboxylic acids is 1. The first-order valence-corrected chi connectivity index (χ1v) is 6.57. The van der Waals surface area contributed by atoms with Gasteiger partial charge in [0.05, 0.1) is 6.42 Å². The van der Waals surface area contributed by atoms with Gasteiger partial charge in [-0.2, -0.15) is 0 Å².